The zero-order chi connectivity index (χ0) is 22.2. The molecule has 4 aromatic rings. The molecule has 32 heavy (non-hydrogen) atoms. The fourth-order valence-corrected chi connectivity index (χ4v) is 4.95. The first kappa shape index (κ1) is 20.1. The highest BCUT2D eigenvalue weighted by molar-refractivity contribution is 7.14. The summed E-state index contributed by atoms with van der Waals surface area (Å²) in [6.07, 6.45) is 5.14. The zero-order valence-corrected chi connectivity index (χ0v) is 18.3. The maximum absolute atomic E-state index is 11.2. The number of fused-ring (bicyclic) bond motifs is 1. The number of hydrogen-bond acceptors (Lipinski definition) is 8. The molecule has 4 aromatic heterocycles. The summed E-state index contributed by atoms with van der Waals surface area (Å²) in [6, 6.07) is 9.96. The smallest absolute Gasteiger partial charge is 0.217 e. The van der Waals surface area contributed by atoms with Crippen LogP contribution in [0, 0.1) is 11.3 Å². The summed E-state index contributed by atoms with van der Waals surface area (Å²) in [4.78, 5) is 15.9. The molecular formula is C22H20N8OS. The third-order valence-corrected chi connectivity index (χ3v) is 6.75. The van der Waals surface area contributed by atoms with E-state index in [0.29, 0.717) is 11.5 Å². The van der Waals surface area contributed by atoms with E-state index in [4.69, 9.17) is 5.26 Å². The fourth-order valence-electron chi connectivity index (χ4n) is 3.96. The highest BCUT2D eigenvalue weighted by Crippen LogP contribution is 2.41. The molecule has 4 heterocycles. The third kappa shape index (κ3) is 3.56. The van der Waals surface area contributed by atoms with Crippen molar-refractivity contribution in [2.24, 2.45) is 0 Å². The molecule has 2 N–H and O–H groups in total. The minimum absolute atomic E-state index is 0.00713. The number of nitrogens with zero attached hydrogens (tertiary/aromatic N) is 6. The van der Waals surface area contributed by atoms with E-state index in [0.717, 1.165) is 51.0 Å². The highest BCUT2D eigenvalue weighted by atomic mass is 32.1. The normalized spacial score (nSPS) is 17.5. The first-order valence-electron chi connectivity index (χ1n) is 10.2. The average molecular weight is 445 g/mol. The summed E-state index contributed by atoms with van der Waals surface area (Å²) < 4.78 is 1.77. The number of pyridine rings is 1. The van der Waals surface area contributed by atoms with Crippen molar-refractivity contribution in [3.63, 3.8) is 0 Å². The molecule has 0 bridgehead atoms. The van der Waals surface area contributed by atoms with E-state index >= 15 is 0 Å². The Morgan fingerprint density at radius 3 is 2.84 bits per heavy atom. The van der Waals surface area contributed by atoms with Crippen LogP contribution in [0.2, 0.25) is 0 Å². The van der Waals surface area contributed by atoms with E-state index in [1.54, 1.807) is 41.2 Å². The fraction of sp³-hybridized carbons (Fsp3) is 0.273. The van der Waals surface area contributed by atoms with Crippen LogP contribution in [-0.2, 0) is 4.79 Å². The molecule has 1 aliphatic rings. The Bertz CT molecular complexity index is 1360. The number of amides is 1. The van der Waals surface area contributed by atoms with Crippen LogP contribution in [0.4, 0.5) is 5.69 Å². The summed E-state index contributed by atoms with van der Waals surface area (Å²) in [5.41, 5.74) is 4.73. The van der Waals surface area contributed by atoms with Crippen molar-refractivity contribution >= 4 is 28.4 Å². The van der Waals surface area contributed by atoms with Crippen molar-refractivity contribution in [2.45, 2.75) is 31.7 Å². The van der Waals surface area contributed by atoms with Gasteiger partial charge in [-0.2, -0.15) is 10.4 Å². The third-order valence-electron chi connectivity index (χ3n) is 5.63. The van der Waals surface area contributed by atoms with Crippen LogP contribution in [0.15, 0.2) is 36.7 Å². The number of rotatable bonds is 5. The molecule has 0 spiro atoms. The lowest BCUT2D eigenvalue weighted by molar-refractivity contribution is -0.120. The lowest BCUT2D eigenvalue weighted by atomic mass is 9.81. The van der Waals surface area contributed by atoms with Crippen molar-refractivity contribution in [2.75, 3.05) is 12.4 Å². The van der Waals surface area contributed by atoms with E-state index in [1.807, 2.05) is 25.2 Å². The SMILES string of the molecule is CNc1cc(-c2ccc3cc(C#N)cnn23)ncc1-c1nnc([C@H]2C[C@H](NC(C)=O)C2)s1. The average Bonchev–Trinajstić information content (AvgIpc) is 3.42. The summed E-state index contributed by atoms with van der Waals surface area (Å²) in [6.45, 7) is 1.54. The molecule has 0 atom stereocenters. The zero-order valence-electron chi connectivity index (χ0n) is 17.5. The van der Waals surface area contributed by atoms with Gasteiger partial charge in [0, 0.05) is 37.8 Å². The quantitative estimate of drug-likeness (QED) is 0.485. The molecule has 0 unspecified atom stereocenters. The molecule has 0 aromatic carbocycles. The summed E-state index contributed by atoms with van der Waals surface area (Å²) in [5.74, 6) is 0.340. The maximum atomic E-state index is 11.2. The summed E-state index contributed by atoms with van der Waals surface area (Å²) in [5, 5.41) is 30.2. The van der Waals surface area contributed by atoms with Gasteiger partial charge in [0.05, 0.1) is 34.2 Å². The Hall–Kier alpha value is -3.84. The molecule has 1 aliphatic carbocycles. The largest absolute Gasteiger partial charge is 0.387 e. The monoisotopic (exact) mass is 444 g/mol. The molecule has 9 nitrogen and oxygen atoms in total. The highest BCUT2D eigenvalue weighted by Gasteiger charge is 2.33. The van der Waals surface area contributed by atoms with Gasteiger partial charge in [0.25, 0.3) is 0 Å². The van der Waals surface area contributed by atoms with Crippen molar-refractivity contribution in [3.05, 3.63) is 47.2 Å². The van der Waals surface area contributed by atoms with Gasteiger partial charge in [0.15, 0.2) is 5.01 Å². The second kappa shape index (κ2) is 8.01. The minimum atomic E-state index is 0.00713. The van der Waals surface area contributed by atoms with Gasteiger partial charge in [-0.05, 0) is 37.1 Å². The Balaban J connectivity index is 1.41. The number of anilines is 1. The summed E-state index contributed by atoms with van der Waals surface area (Å²) in [7, 11) is 1.86. The molecule has 0 radical (unpaired) electrons. The summed E-state index contributed by atoms with van der Waals surface area (Å²) >= 11 is 1.57. The van der Waals surface area contributed by atoms with Gasteiger partial charge >= 0.3 is 0 Å². The molecule has 10 heteroatoms. The van der Waals surface area contributed by atoms with E-state index in [-0.39, 0.29) is 11.9 Å². The molecule has 0 aliphatic heterocycles. The van der Waals surface area contributed by atoms with Crippen LogP contribution in [0.25, 0.3) is 27.5 Å². The van der Waals surface area contributed by atoms with Gasteiger partial charge in [-0.1, -0.05) is 11.3 Å². The van der Waals surface area contributed by atoms with Crippen LogP contribution in [0.5, 0.6) is 0 Å². The predicted molar refractivity (Wildman–Crippen MR) is 121 cm³/mol. The van der Waals surface area contributed by atoms with Gasteiger partial charge in [-0.3, -0.25) is 9.78 Å². The Kier molecular flexibility index (Phi) is 5.03. The van der Waals surface area contributed by atoms with Crippen LogP contribution in [0.3, 0.4) is 0 Å². The van der Waals surface area contributed by atoms with Crippen molar-refractivity contribution in [1.82, 2.24) is 30.1 Å². The Morgan fingerprint density at radius 1 is 1.25 bits per heavy atom. The van der Waals surface area contributed by atoms with E-state index in [9.17, 15) is 4.79 Å². The second-order valence-electron chi connectivity index (χ2n) is 7.79. The van der Waals surface area contributed by atoms with Gasteiger partial charge in [0.1, 0.15) is 11.1 Å². The molecule has 1 saturated carbocycles. The number of aromatic nitrogens is 5. The first-order valence-corrected chi connectivity index (χ1v) is 11.0. The predicted octanol–water partition coefficient (Wildman–Crippen LogP) is 3.21. The van der Waals surface area contributed by atoms with Crippen molar-refractivity contribution < 1.29 is 4.79 Å². The molecular weight excluding hydrogens is 424 g/mol. The molecule has 1 amide bonds. The van der Waals surface area contributed by atoms with Crippen molar-refractivity contribution in [3.8, 4) is 28.0 Å². The Labute approximate surface area is 188 Å². The first-order chi connectivity index (χ1) is 15.6. The molecule has 1 fully saturated rings. The lowest BCUT2D eigenvalue weighted by Crippen LogP contribution is -2.42. The topological polar surface area (TPSA) is 121 Å². The number of hydrogen-bond donors (Lipinski definition) is 2. The van der Waals surface area contributed by atoms with Crippen LogP contribution in [0.1, 0.15) is 36.3 Å². The number of nitrogens with one attached hydrogen (secondary N) is 2. The van der Waals surface area contributed by atoms with Crippen LogP contribution < -0.4 is 10.6 Å². The van der Waals surface area contributed by atoms with E-state index in [2.05, 4.69) is 37.0 Å². The van der Waals surface area contributed by atoms with Crippen molar-refractivity contribution in [1.29, 1.82) is 5.26 Å². The Morgan fingerprint density at radius 2 is 2.09 bits per heavy atom. The second-order valence-corrected chi connectivity index (χ2v) is 8.80. The van der Waals surface area contributed by atoms with Gasteiger partial charge in [-0.25, -0.2) is 4.52 Å². The van der Waals surface area contributed by atoms with E-state index in [1.165, 1.54) is 0 Å². The van der Waals surface area contributed by atoms with Crippen LogP contribution in [-0.4, -0.2) is 43.8 Å². The van der Waals surface area contributed by atoms with Gasteiger partial charge in [0.2, 0.25) is 5.91 Å². The number of carbonyl (C=O) groups is 1. The lowest BCUT2D eigenvalue weighted by Gasteiger charge is -2.33. The maximum Gasteiger partial charge on any atom is 0.217 e. The number of carbonyl (C=O) groups excluding carboxylic acids is 1. The van der Waals surface area contributed by atoms with E-state index < -0.39 is 0 Å². The minimum Gasteiger partial charge on any atom is -0.387 e. The van der Waals surface area contributed by atoms with Gasteiger partial charge < -0.3 is 10.6 Å². The van der Waals surface area contributed by atoms with Crippen LogP contribution >= 0.6 is 11.3 Å². The van der Waals surface area contributed by atoms with Gasteiger partial charge in [-0.15, -0.1) is 10.2 Å². The molecule has 0 saturated heterocycles. The molecule has 5 rings (SSSR count). The standard InChI is InChI=1S/C22H20N8OS/c1-12(31)27-15-6-14(7-15)21-28-29-22(32-21)17-11-25-19(8-18(17)24-2)20-4-3-16-5-13(9-23)10-26-30(16)20/h3-5,8,10-11,14-15H,6-7H2,1-2H3,(H,24,25)(H,27,31)/t14-,15-. The number of nitriles is 1. The molecule has 160 valence electrons.